The number of hydrogen-bond donors (Lipinski definition) is 2. The standard InChI is InChI=1S/C9H17O5P/c10-9(6-7-14-15(11,12)13)8-4-2-1-3-5-8/h8H,1-7H2,(H2,11,12,13). The molecule has 1 aliphatic rings. The van der Waals surface area contributed by atoms with Crippen LogP contribution in [0.15, 0.2) is 0 Å². The summed E-state index contributed by atoms with van der Waals surface area (Å²) in [5.74, 6) is 0.155. The minimum Gasteiger partial charge on any atom is -0.303 e. The van der Waals surface area contributed by atoms with Crippen LogP contribution in [-0.2, 0) is 13.9 Å². The highest BCUT2D eigenvalue weighted by molar-refractivity contribution is 7.46. The number of phosphoric acid groups is 1. The van der Waals surface area contributed by atoms with Crippen molar-refractivity contribution in [1.82, 2.24) is 0 Å². The van der Waals surface area contributed by atoms with Crippen molar-refractivity contribution in [3.05, 3.63) is 0 Å². The molecule has 0 spiro atoms. The lowest BCUT2D eigenvalue weighted by atomic mass is 9.85. The largest absolute Gasteiger partial charge is 0.469 e. The number of phosphoric ester groups is 1. The van der Waals surface area contributed by atoms with Gasteiger partial charge >= 0.3 is 7.82 Å². The average Bonchev–Trinajstić information content (AvgIpc) is 2.17. The van der Waals surface area contributed by atoms with Gasteiger partial charge in [0.1, 0.15) is 5.78 Å². The van der Waals surface area contributed by atoms with Gasteiger partial charge in [-0.25, -0.2) is 4.57 Å². The Hall–Kier alpha value is -0.220. The van der Waals surface area contributed by atoms with E-state index in [0.717, 1.165) is 25.7 Å². The second kappa shape index (κ2) is 5.75. The molecule has 5 nitrogen and oxygen atoms in total. The Morgan fingerprint density at radius 1 is 1.27 bits per heavy atom. The fourth-order valence-electron chi connectivity index (χ4n) is 1.89. The highest BCUT2D eigenvalue weighted by atomic mass is 31.2. The van der Waals surface area contributed by atoms with Gasteiger partial charge in [0.2, 0.25) is 0 Å². The molecule has 88 valence electrons. The minimum atomic E-state index is -4.41. The summed E-state index contributed by atoms with van der Waals surface area (Å²) in [5.41, 5.74) is 0. The molecule has 0 aliphatic heterocycles. The molecule has 15 heavy (non-hydrogen) atoms. The first-order valence-corrected chi connectivity index (χ1v) is 6.75. The normalized spacial score (nSPS) is 19.1. The molecule has 0 amide bonds. The molecule has 0 saturated heterocycles. The summed E-state index contributed by atoms with van der Waals surface area (Å²) in [7, 11) is -4.41. The van der Waals surface area contributed by atoms with Crippen molar-refractivity contribution in [3.63, 3.8) is 0 Å². The molecule has 0 aromatic heterocycles. The van der Waals surface area contributed by atoms with E-state index in [1.165, 1.54) is 6.42 Å². The maximum atomic E-state index is 11.6. The molecule has 0 bridgehead atoms. The molecular formula is C9H17O5P. The van der Waals surface area contributed by atoms with Crippen LogP contribution in [0.4, 0.5) is 0 Å². The van der Waals surface area contributed by atoms with E-state index in [-0.39, 0.29) is 24.7 Å². The van der Waals surface area contributed by atoms with Crippen LogP contribution in [0.25, 0.3) is 0 Å². The Balaban J connectivity index is 2.20. The highest BCUT2D eigenvalue weighted by Crippen LogP contribution is 2.36. The number of carbonyl (C=O) groups is 1. The lowest BCUT2D eigenvalue weighted by Gasteiger charge is -2.20. The van der Waals surface area contributed by atoms with Crippen molar-refractivity contribution in [2.24, 2.45) is 5.92 Å². The smallest absolute Gasteiger partial charge is 0.303 e. The Labute approximate surface area is 89.1 Å². The van der Waals surface area contributed by atoms with Crippen LogP contribution < -0.4 is 0 Å². The maximum absolute atomic E-state index is 11.6. The average molecular weight is 236 g/mol. The third-order valence-corrected chi connectivity index (χ3v) is 3.19. The highest BCUT2D eigenvalue weighted by Gasteiger charge is 2.22. The molecule has 0 aromatic rings. The van der Waals surface area contributed by atoms with Gasteiger partial charge in [-0.05, 0) is 12.8 Å². The van der Waals surface area contributed by atoms with Gasteiger partial charge in [0.15, 0.2) is 0 Å². The van der Waals surface area contributed by atoms with Crippen LogP contribution in [0.3, 0.4) is 0 Å². The van der Waals surface area contributed by atoms with Crippen LogP contribution in [0, 0.1) is 5.92 Å². The zero-order chi connectivity index (χ0) is 11.3. The molecule has 0 heterocycles. The van der Waals surface area contributed by atoms with Gasteiger partial charge < -0.3 is 9.79 Å². The van der Waals surface area contributed by atoms with Crippen molar-refractivity contribution in [2.45, 2.75) is 38.5 Å². The summed E-state index contributed by atoms with van der Waals surface area (Å²) in [6.45, 7) is -0.181. The molecule has 1 rings (SSSR count). The Kier molecular flexibility index (Phi) is 4.93. The number of hydrogen-bond acceptors (Lipinski definition) is 3. The molecule has 1 saturated carbocycles. The molecule has 1 aliphatic carbocycles. The van der Waals surface area contributed by atoms with Gasteiger partial charge in [-0.15, -0.1) is 0 Å². The van der Waals surface area contributed by atoms with Crippen LogP contribution in [-0.4, -0.2) is 22.2 Å². The van der Waals surface area contributed by atoms with Crippen molar-refractivity contribution in [1.29, 1.82) is 0 Å². The Morgan fingerprint density at radius 2 is 1.87 bits per heavy atom. The van der Waals surface area contributed by atoms with Crippen LogP contribution in [0.5, 0.6) is 0 Å². The van der Waals surface area contributed by atoms with Crippen molar-refractivity contribution in [2.75, 3.05) is 6.61 Å². The third-order valence-electron chi connectivity index (χ3n) is 2.67. The first-order chi connectivity index (χ1) is 6.99. The summed E-state index contributed by atoms with van der Waals surface area (Å²) in [4.78, 5) is 28.4. The fraction of sp³-hybridized carbons (Fsp3) is 0.889. The van der Waals surface area contributed by atoms with Gasteiger partial charge in [-0.2, -0.15) is 0 Å². The zero-order valence-electron chi connectivity index (χ0n) is 8.59. The summed E-state index contributed by atoms with van der Waals surface area (Å²) in [6, 6.07) is 0. The van der Waals surface area contributed by atoms with E-state index in [1.807, 2.05) is 0 Å². The number of rotatable bonds is 5. The van der Waals surface area contributed by atoms with Gasteiger partial charge in [-0.3, -0.25) is 9.32 Å². The van der Waals surface area contributed by atoms with E-state index in [9.17, 15) is 9.36 Å². The van der Waals surface area contributed by atoms with E-state index in [0.29, 0.717) is 0 Å². The predicted molar refractivity (Wildman–Crippen MR) is 54.2 cm³/mol. The topological polar surface area (TPSA) is 83.8 Å². The maximum Gasteiger partial charge on any atom is 0.469 e. The van der Waals surface area contributed by atoms with E-state index >= 15 is 0 Å². The lowest BCUT2D eigenvalue weighted by Crippen LogP contribution is -2.18. The van der Waals surface area contributed by atoms with Crippen molar-refractivity contribution >= 4 is 13.6 Å². The Bertz CT molecular complexity index is 253. The quantitative estimate of drug-likeness (QED) is 0.709. The fourth-order valence-corrected chi connectivity index (χ4v) is 2.22. The van der Waals surface area contributed by atoms with Gasteiger partial charge in [-0.1, -0.05) is 19.3 Å². The van der Waals surface area contributed by atoms with Crippen LogP contribution in [0.1, 0.15) is 38.5 Å². The van der Waals surface area contributed by atoms with Crippen LogP contribution >= 0.6 is 7.82 Å². The predicted octanol–water partition coefficient (Wildman–Crippen LogP) is 1.64. The second-order valence-corrected chi connectivity index (χ2v) is 5.11. The van der Waals surface area contributed by atoms with Crippen molar-refractivity contribution in [3.8, 4) is 0 Å². The second-order valence-electron chi connectivity index (χ2n) is 3.88. The molecule has 0 aromatic carbocycles. The molecule has 1 fully saturated rings. The monoisotopic (exact) mass is 236 g/mol. The van der Waals surface area contributed by atoms with Gasteiger partial charge in [0, 0.05) is 12.3 Å². The van der Waals surface area contributed by atoms with Crippen LogP contribution in [0.2, 0.25) is 0 Å². The third kappa shape index (κ3) is 5.42. The van der Waals surface area contributed by atoms with Gasteiger partial charge in [0.05, 0.1) is 6.61 Å². The number of ketones is 1. The Morgan fingerprint density at radius 3 is 2.40 bits per heavy atom. The first-order valence-electron chi connectivity index (χ1n) is 5.22. The summed E-state index contributed by atoms with van der Waals surface area (Å²) in [6.07, 6.45) is 5.27. The first kappa shape index (κ1) is 12.8. The zero-order valence-corrected chi connectivity index (χ0v) is 9.49. The summed E-state index contributed by atoms with van der Waals surface area (Å²) >= 11 is 0. The minimum absolute atomic E-state index is 0.0724. The molecule has 6 heteroatoms. The van der Waals surface area contributed by atoms with E-state index in [2.05, 4.69) is 4.52 Å². The lowest BCUT2D eigenvalue weighted by molar-refractivity contribution is -0.124. The molecule has 0 radical (unpaired) electrons. The molecular weight excluding hydrogens is 219 g/mol. The van der Waals surface area contributed by atoms with E-state index < -0.39 is 7.82 Å². The summed E-state index contributed by atoms with van der Waals surface area (Å²) in [5, 5.41) is 0. The SMILES string of the molecule is O=C(CCOP(=O)(O)O)C1CCCCC1. The molecule has 0 unspecified atom stereocenters. The number of carbonyl (C=O) groups excluding carboxylic acids is 1. The van der Waals surface area contributed by atoms with E-state index in [1.54, 1.807) is 0 Å². The summed E-state index contributed by atoms with van der Waals surface area (Å²) < 4.78 is 14.6. The number of Topliss-reactive ketones (excluding diaryl/α,β-unsaturated/α-hetero) is 1. The van der Waals surface area contributed by atoms with Gasteiger partial charge in [0.25, 0.3) is 0 Å². The van der Waals surface area contributed by atoms with Crippen molar-refractivity contribution < 1.29 is 23.7 Å². The van der Waals surface area contributed by atoms with E-state index in [4.69, 9.17) is 9.79 Å². The molecule has 2 N–H and O–H groups in total. The molecule has 0 atom stereocenters.